The number of hydrogen-bond acceptors (Lipinski definition) is 6. The van der Waals surface area contributed by atoms with Gasteiger partial charge < -0.3 is 10.2 Å². The van der Waals surface area contributed by atoms with Crippen LogP contribution >= 0.6 is 11.3 Å². The molecule has 2 aromatic rings. The zero-order chi connectivity index (χ0) is 14.5. The van der Waals surface area contributed by atoms with E-state index in [2.05, 4.69) is 28.9 Å². The molecule has 1 atom stereocenters. The summed E-state index contributed by atoms with van der Waals surface area (Å²) in [5.41, 5.74) is 6.05. The van der Waals surface area contributed by atoms with E-state index < -0.39 is 0 Å². The third-order valence-corrected chi connectivity index (χ3v) is 4.16. The Bertz CT molecular complexity index is 509. The van der Waals surface area contributed by atoms with Gasteiger partial charge in [-0.05, 0) is 37.4 Å². The summed E-state index contributed by atoms with van der Waals surface area (Å²) in [5, 5.41) is 10.2. The van der Waals surface area contributed by atoms with Crippen molar-refractivity contribution in [1.29, 1.82) is 0 Å². The van der Waals surface area contributed by atoms with Crippen LogP contribution in [0.5, 0.6) is 0 Å². The zero-order valence-electron chi connectivity index (χ0n) is 12.2. The van der Waals surface area contributed by atoms with Crippen LogP contribution in [0.15, 0.2) is 21.9 Å². The Hall–Kier alpha value is -1.24. The highest BCUT2D eigenvalue weighted by Crippen LogP contribution is 2.23. The lowest BCUT2D eigenvalue weighted by atomic mass is 10.0. The molecule has 20 heavy (non-hydrogen) atoms. The number of nitrogens with two attached hydrogens (primary N) is 1. The van der Waals surface area contributed by atoms with Crippen LogP contribution in [0.4, 0.5) is 0 Å². The van der Waals surface area contributed by atoms with Crippen LogP contribution in [0.2, 0.25) is 0 Å². The van der Waals surface area contributed by atoms with Crippen molar-refractivity contribution in [2.24, 2.45) is 11.7 Å². The number of hydrogen-bond donors (Lipinski definition) is 1. The molecule has 6 heteroatoms. The number of rotatable bonds is 7. The summed E-state index contributed by atoms with van der Waals surface area (Å²) in [6, 6.07) is 4.19. The molecule has 0 fully saturated rings. The van der Waals surface area contributed by atoms with Gasteiger partial charge >= 0.3 is 0 Å². The van der Waals surface area contributed by atoms with Gasteiger partial charge in [0, 0.05) is 6.04 Å². The lowest BCUT2D eigenvalue weighted by Gasteiger charge is -2.19. The fourth-order valence-corrected chi connectivity index (χ4v) is 2.47. The molecule has 2 aromatic heterocycles. The summed E-state index contributed by atoms with van der Waals surface area (Å²) < 4.78 is 5.67. The first-order valence-electron chi connectivity index (χ1n) is 6.86. The van der Waals surface area contributed by atoms with Crippen molar-refractivity contribution in [3.63, 3.8) is 0 Å². The van der Waals surface area contributed by atoms with Gasteiger partial charge in [-0.25, -0.2) is 0 Å². The molecule has 0 aliphatic rings. The molecule has 0 saturated heterocycles. The molecule has 5 nitrogen and oxygen atoms in total. The van der Waals surface area contributed by atoms with Gasteiger partial charge in [0.2, 0.25) is 5.89 Å². The van der Waals surface area contributed by atoms with Crippen LogP contribution in [0.3, 0.4) is 0 Å². The van der Waals surface area contributed by atoms with Gasteiger partial charge in [-0.2, -0.15) is 0 Å². The summed E-state index contributed by atoms with van der Waals surface area (Å²) in [7, 11) is 2.04. The zero-order valence-corrected chi connectivity index (χ0v) is 13.1. The summed E-state index contributed by atoms with van der Waals surface area (Å²) in [5.74, 6) is 1.76. The van der Waals surface area contributed by atoms with E-state index in [1.54, 1.807) is 11.3 Å². The van der Waals surface area contributed by atoms with E-state index in [-0.39, 0.29) is 6.04 Å². The van der Waals surface area contributed by atoms with E-state index in [0.29, 0.717) is 24.2 Å². The minimum atomic E-state index is 0.238. The van der Waals surface area contributed by atoms with Gasteiger partial charge in [-0.1, -0.05) is 19.9 Å². The average Bonchev–Trinajstić information content (AvgIpc) is 3.05. The van der Waals surface area contributed by atoms with E-state index in [9.17, 15) is 0 Å². The predicted molar refractivity (Wildman–Crippen MR) is 81.4 cm³/mol. The smallest absolute Gasteiger partial charge is 0.257 e. The molecule has 1 unspecified atom stereocenters. The second kappa shape index (κ2) is 6.97. The van der Waals surface area contributed by atoms with Gasteiger partial charge in [-0.15, -0.1) is 21.5 Å². The molecule has 0 aliphatic carbocycles. The summed E-state index contributed by atoms with van der Waals surface area (Å²) >= 11 is 1.60. The molecule has 0 aromatic carbocycles. The Morgan fingerprint density at radius 3 is 2.85 bits per heavy atom. The van der Waals surface area contributed by atoms with Crippen LogP contribution in [0.25, 0.3) is 10.8 Å². The SMILES string of the molecule is CC(C)C(N)CCN(C)Cc1nnc(-c2cccs2)o1. The monoisotopic (exact) mass is 294 g/mol. The Morgan fingerprint density at radius 2 is 2.20 bits per heavy atom. The number of aromatic nitrogens is 2. The van der Waals surface area contributed by atoms with Crippen LogP contribution in [-0.4, -0.2) is 34.7 Å². The quantitative estimate of drug-likeness (QED) is 0.850. The molecule has 2 heterocycles. The lowest BCUT2D eigenvalue weighted by Crippen LogP contribution is -2.31. The van der Waals surface area contributed by atoms with Gasteiger partial charge in [-0.3, -0.25) is 4.90 Å². The molecule has 2 N–H and O–H groups in total. The molecule has 0 saturated carbocycles. The molecule has 0 spiro atoms. The molecule has 0 bridgehead atoms. The molecular weight excluding hydrogens is 272 g/mol. The van der Waals surface area contributed by atoms with Gasteiger partial charge in [0.25, 0.3) is 5.89 Å². The molecule has 0 radical (unpaired) electrons. The van der Waals surface area contributed by atoms with E-state index in [1.807, 2.05) is 24.6 Å². The van der Waals surface area contributed by atoms with Crippen molar-refractivity contribution in [3.05, 3.63) is 23.4 Å². The molecule has 2 rings (SSSR count). The maximum Gasteiger partial charge on any atom is 0.257 e. The van der Waals surface area contributed by atoms with Gasteiger partial charge in [0.15, 0.2) is 0 Å². The Labute approximate surface area is 123 Å². The average molecular weight is 294 g/mol. The lowest BCUT2D eigenvalue weighted by molar-refractivity contribution is 0.269. The first kappa shape index (κ1) is 15.2. The van der Waals surface area contributed by atoms with Crippen molar-refractivity contribution in [2.45, 2.75) is 32.9 Å². The van der Waals surface area contributed by atoms with E-state index >= 15 is 0 Å². The van der Waals surface area contributed by atoms with Crippen molar-refractivity contribution < 1.29 is 4.42 Å². The highest BCUT2D eigenvalue weighted by molar-refractivity contribution is 7.13. The fourth-order valence-electron chi connectivity index (χ4n) is 1.83. The van der Waals surface area contributed by atoms with Gasteiger partial charge in [0.05, 0.1) is 11.4 Å². The largest absolute Gasteiger partial charge is 0.419 e. The van der Waals surface area contributed by atoms with Crippen LogP contribution in [0.1, 0.15) is 26.2 Å². The van der Waals surface area contributed by atoms with Crippen LogP contribution in [0, 0.1) is 5.92 Å². The summed E-state index contributed by atoms with van der Waals surface area (Å²) in [4.78, 5) is 3.17. The number of thiophene rings is 1. The molecular formula is C14H22N4OS. The summed E-state index contributed by atoms with van der Waals surface area (Å²) in [6.07, 6.45) is 0.972. The van der Waals surface area contributed by atoms with Crippen molar-refractivity contribution in [2.75, 3.05) is 13.6 Å². The number of nitrogens with zero attached hydrogens (tertiary/aromatic N) is 3. The highest BCUT2D eigenvalue weighted by Gasteiger charge is 2.13. The molecule has 0 aliphatic heterocycles. The summed E-state index contributed by atoms with van der Waals surface area (Å²) in [6.45, 7) is 5.88. The third-order valence-electron chi connectivity index (χ3n) is 3.30. The van der Waals surface area contributed by atoms with Crippen LogP contribution < -0.4 is 5.73 Å². The van der Waals surface area contributed by atoms with Crippen LogP contribution in [-0.2, 0) is 6.54 Å². The minimum Gasteiger partial charge on any atom is -0.419 e. The van der Waals surface area contributed by atoms with E-state index in [1.165, 1.54) is 0 Å². The Balaban J connectivity index is 1.84. The molecule has 0 amide bonds. The molecule has 110 valence electrons. The Morgan fingerprint density at radius 1 is 1.40 bits per heavy atom. The maximum absolute atomic E-state index is 6.05. The standard InChI is InChI=1S/C14H22N4OS/c1-10(2)11(15)6-7-18(3)9-13-16-17-14(19-13)12-5-4-8-20-12/h4-5,8,10-11H,6-7,9,15H2,1-3H3. The van der Waals surface area contributed by atoms with Crippen molar-refractivity contribution in [3.8, 4) is 10.8 Å². The maximum atomic E-state index is 6.05. The predicted octanol–water partition coefficient (Wildman–Crippen LogP) is 2.60. The van der Waals surface area contributed by atoms with E-state index in [0.717, 1.165) is 17.8 Å². The normalized spacial score (nSPS) is 13.3. The van der Waals surface area contributed by atoms with Gasteiger partial charge in [0.1, 0.15) is 0 Å². The Kier molecular flexibility index (Phi) is 5.28. The van der Waals surface area contributed by atoms with E-state index in [4.69, 9.17) is 10.2 Å². The first-order valence-corrected chi connectivity index (χ1v) is 7.74. The minimum absolute atomic E-state index is 0.238. The fraction of sp³-hybridized carbons (Fsp3) is 0.571. The van der Waals surface area contributed by atoms with Crippen molar-refractivity contribution >= 4 is 11.3 Å². The topological polar surface area (TPSA) is 68.2 Å². The van der Waals surface area contributed by atoms with Crippen molar-refractivity contribution in [1.82, 2.24) is 15.1 Å². The highest BCUT2D eigenvalue weighted by atomic mass is 32.1. The second-order valence-corrected chi connectivity index (χ2v) is 6.36. The second-order valence-electron chi connectivity index (χ2n) is 5.41. The third kappa shape index (κ3) is 4.13. The first-order chi connectivity index (χ1) is 9.56.